The number of carbonyl (C=O) groups excluding carboxylic acids is 1. The van der Waals surface area contributed by atoms with E-state index in [1.54, 1.807) is 0 Å². The molecular formula is C18H18F4N2O4S. The summed E-state index contributed by atoms with van der Waals surface area (Å²) in [5.41, 5.74) is -0.435. The number of ether oxygens (including phenoxy) is 1. The van der Waals surface area contributed by atoms with Crippen LogP contribution in [0.5, 0.6) is 5.75 Å². The van der Waals surface area contributed by atoms with Crippen molar-refractivity contribution in [2.45, 2.75) is 19.6 Å². The third-order valence-corrected chi connectivity index (χ3v) is 4.27. The molecule has 0 aliphatic heterocycles. The summed E-state index contributed by atoms with van der Waals surface area (Å²) in [6.45, 7) is 0.935. The van der Waals surface area contributed by atoms with Gasteiger partial charge in [-0.1, -0.05) is 6.07 Å². The molecule has 0 saturated heterocycles. The number of nitrogens with one attached hydrogen (secondary N) is 2. The highest BCUT2D eigenvalue weighted by Crippen LogP contribution is 2.32. The molecule has 0 aliphatic carbocycles. The molecule has 0 saturated carbocycles. The first kappa shape index (κ1) is 22.5. The van der Waals surface area contributed by atoms with Crippen LogP contribution in [0.25, 0.3) is 0 Å². The zero-order valence-electron chi connectivity index (χ0n) is 15.4. The lowest BCUT2D eigenvalue weighted by atomic mass is 10.1. The van der Waals surface area contributed by atoms with E-state index < -0.39 is 40.1 Å². The first-order valence-corrected chi connectivity index (χ1v) is 10.1. The van der Waals surface area contributed by atoms with E-state index in [4.69, 9.17) is 4.74 Å². The highest BCUT2D eigenvalue weighted by molar-refractivity contribution is 7.92. The van der Waals surface area contributed by atoms with Crippen molar-refractivity contribution in [1.29, 1.82) is 0 Å². The summed E-state index contributed by atoms with van der Waals surface area (Å²) in [6.07, 6.45) is -3.58. The Morgan fingerprint density at radius 3 is 2.38 bits per heavy atom. The monoisotopic (exact) mass is 434 g/mol. The zero-order valence-corrected chi connectivity index (χ0v) is 16.2. The van der Waals surface area contributed by atoms with Crippen molar-refractivity contribution in [2.24, 2.45) is 0 Å². The Bertz CT molecular complexity index is 1010. The smallest absolute Gasteiger partial charge is 0.416 e. The predicted octanol–water partition coefficient (Wildman–Crippen LogP) is 3.22. The van der Waals surface area contributed by atoms with Crippen LogP contribution in [0, 0.1) is 12.7 Å². The van der Waals surface area contributed by atoms with Crippen molar-refractivity contribution in [3.05, 3.63) is 58.9 Å². The molecule has 6 nitrogen and oxygen atoms in total. The molecule has 0 spiro atoms. The van der Waals surface area contributed by atoms with Gasteiger partial charge < -0.3 is 10.1 Å². The summed E-state index contributed by atoms with van der Waals surface area (Å²) in [5.74, 6) is -1.24. The molecule has 0 bridgehead atoms. The summed E-state index contributed by atoms with van der Waals surface area (Å²) in [7, 11) is -3.63. The minimum atomic E-state index is -4.47. The molecule has 2 N–H and O–H groups in total. The van der Waals surface area contributed by atoms with Gasteiger partial charge in [0.1, 0.15) is 11.6 Å². The van der Waals surface area contributed by atoms with Gasteiger partial charge in [-0.15, -0.1) is 0 Å². The van der Waals surface area contributed by atoms with Gasteiger partial charge >= 0.3 is 6.18 Å². The molecule has 158 valence electrons. The Morgan fingerprint density at radius 2 is 1.83 bits per heavy atom. The molecule has 0 unspecified atom stereocenters. The van der Waals surface area contributed by atoms with Crippen molar-refractivity contribution >= 4 is 21.6 Å². The van der Waals surface area contributed by atoms with Crippen LogP contribution in [0.4, 0.5) is 23.2 Å². The molecule has 0 atom stereocenters. The predicted molar refractivity (Wildman–Crippen MR) is 98.4 cm³/mol. The maximum Gasteiger partial charge on any atom is 0.416 e. The van der Waals surface area contributed by atoms with Gasteiger partial charge in [0.25, 0.3) is 5.91 Å². The molecule has 0 radical (unpaired) electrons. The lowest BCUT2D eigenvalue weighted by Gasteiger charge is -2.12. The first-order chi connectivity index (χ1) is 13.3. The third-order valence-electron chi connectivity index (χ3n) is 3.68. The number of benzene rings is 2. The van der Waals surface area contributed by atoms with Crippen LogP contribution in [-0.2, 0) is 27.5 Å². The fraction of sp³-hybridized carbons (Fsp3) is 0.278. The average molecular weight is 434 g/mol. The third kappa shape index (κ3) is 6.93. The Kier molecular flexibility index (Phi) is 6.73. The molecular weight excluding hydrogens is 416 g/mol. The lowest BCUT2D eigenvalue weighted by Crippen LogP contribution is -2.28. The molecule has 0 fully saturated rings. The molecule has 2 aromatic rings. The van der Waals surface area contributed by atoms with Gasteiger partial charge in [0.2, 0.25) is 10.0 Å². The van der Waals surface area contributed by atoms with E-state index in [9.17, 15) is 30.8 Å². The van der Waals surface area contributed by atoms with Crippen LogP contribution in [0.15, 0.2) is 36.4 Å². The second-order valence-electron chi connectivity index (χ2n) is 6.23. The van der Waals surface area contributed by atoms with Gasteiger partial charge in [-0.3, -0.25) is 9.52 Å². The second-order valence-corrected chi connectivity index (χ2v) is 7.98. The standard InChI is InChI=1S/C18H18F4N2O4S/c1-11-7-13(18(20,21)22)4-6-16(11)28-10-17(25)23-9-12-3-5-15(14(19)8-12)24-29(2,26)27/h3-8,24H,9-10H2,1-2H3,(H,23,25). The van der Waals surface area contributed by atoms with Crippen molar-refractivity contribution in [3.63, 3.8) is 0 Å². The molecule has 0 heterocycles. The van der Waals surface area contributed by atoms with E-state index in [-0.39, 0.29) is 23.5 Å². The fourth-order valence-electron chi connectivity index (χ4n) is 2.33. The van der Waals surface area contributed by atoms with Gasteiger partial charge in [-0.05, 0) is 48.4 Å². The lowest BCUT2D eigenvalue weighted by molar-refractivity contribution is -0.137. The Morgan fingerprint density at radius 1 is 1.14 bits per heavy atom. The van der Waals surface area contributed by atoms with Crippen LogP contribution in [0.1, 0.15) is 16.7 Å². The summed E-state index contributed by atoms with van der Waals surface area (Å²) in [6, 6.07) is 6.62. The minimum Gasteiger partial charge on any atom is -0.484 e. The number of rotatable bonds is 7. The fourth-order valence-corrected chi connectivity index (χ4v) is 2.90. The quantitative estimate of drug-likeness (QED) is 0.656. The number of alkyl halides is 3. The van der Waals surface area contributed by atoms with Crippen LogP contribution < -0.4 is 14.8 Å². The van der Waals surface area contributed by atoms with E-state index in [1.165, 1.54) is 19.1 Å². The van der Waals surface area contributed by atoms with E-state index >= 15 is 0 Å². The highest BCUT2D eigenvalue weighted by atomic mass is 32.2. The van der Waals surface area contributed by atoms with Crippen molar-refractivity contribution in [1.82, 2.24) is 5.32 Å². The maximum absolute atomic E-state index is 13.9. The Labute approximate surface area is 164 Å². The van der Waals surface area contributed by atoms with E-state index in [2.05, 4.69) is 5.32 Å². The van der Waals surface area contributed by atoms with Crippen LogP contribution in [0.3, 0.4) is 0 Å². The van der Waals surface area contributed by atoms with E-state index in [0.717, 1.165) is 30.5 Å². The van der Waals surface area contributed by atoms with Gasteiger partial charge in [-0.2, -0.15) is 13.2 Å². The van der Waals surface area contributed by atoms with Crippen molar-refractivity contribution in [3.8, 4) is 5.75 Å². The highest BCUT2D eigenvalue weighted by Gasteiger charge is 2.30. The van der Waals surface area contributed by atoms with E-state index in [0.29, 0.717) is 5.56 Å². The summed E-state index contributed by atoms with van der Waals surface area (Å²) < 4.78 is 81.3. The number of carbonyl (C=O) groups is 1. The zero-order chi connectivity index (χ0) is 21.8. The SMILES string of the molecule is Cc1cc(C(F)(F)F)ccc1OCC(=O)NCc1ccc(NS(C)(=O)=O)c(F)c1. The van der Waals surface area contributed by atoms with Crippen LogP contribution in [0.2, 0.25) is 0 Å². The minimum absolute atomic E-state index is 0.0513. The van der Waals surface area contributed by atoms with Crippen molar-refractivity contribution in [2.75, 3.05) is 17.6 Å². The summed E-state index contributed by atoms with van der Waals surface area (Å²) in [5, 5.41) is 2.47. The number of hydrogen-bond acceptors (Lipinski definition) is 4. The van der Waals surface area contributed by atoms with Gasteiger partial charge in [-0.25, -0.2) is 12.8 Å². The number of anilines is 1. The number of amides is 1. The maximum atomic E-state index is 13.9. The number of halogens is 4. The van der Waals surface area contributed by atoms with Crippen LogP contribution >= 0.6 is 0 Å². The summed E-state index contributed by atoms with van der Waals surface area (Å²) >= 11 is 0. The number of aryl methyl sites for hydroxylation is 1. The normalized spacial score (nSPS) is 11.8. The van der Waals surface area contributed by atoms with Gasteiger partial charge in [0, 0.05) is 6.54 Å². The van der Waals surface area contributed by atoms with E-state index in [1.807, 2.05) is 4.72 Å². The molecule has 0 aliphatic rings. The largest absolute Gasteiger partial charge is 0.484 e. The molecule has 11 heteroatoms. The number of sulfonamides is 1. The Hall–Kier alpha value is -2.82. The average Bonchev–Trinajstić information content (AvgIpc) is 2.59. The van der Waals surface area contributed by atoms with Gasteiger partial charge in [0.15, 0.2) is 6.61 Å². The molecule has 2 aromatic carbocycles. The second kappa shape index (κ2) is 8.68. The molecule has 29 heavy (non-hydrogen) atoms. The topological polar surface area (TPSA) is 84.5 Å². The Balaban J connectivity index is 1.90. The van der Waals surface area contributed by atoms with Crippen molar-refractivity contribution < 1.29 is 35.5 Å². The van der Waals surface area contributed by atoms with Gasteiger partial charge in [0.05, 0.1) is 17.5 Å². The van der Waals surface area contributed by atoms with Crippen LogP contribution in [-0.4, -0.2) is 27.2 Å². The molecule has 2 rings (SSSR count). The first-order valence-electron chi connectivity index (χ1n) is 8.19. The number of hydrogen-bond donors (Lipinski definition) is 2. The molecule has 0 aromatic heterocycles. The summed E-state index contributed by atoms with van der Waals surface area (Å²) in [4.78, 5) is 11.9. The molecule has 1 amide bonds.